The number of carboxylic acids is 2. The predicted molar refractivity (Wildman–Crippen MR) is 202 cm³/mol. The summed E-state index contributed by atoms with van der Waals surface area (Å²) in [5, 5.41) is 40.8. The molecular formula is C31H25N7O15S5. The van der Waals surface area contributed by atoms with Crippen LogP contribution in [0.15, 0.2) is 59.1 Å². The number of hydrogen-bond acceptors (Lipinski definition) is 17. The molecule has 0 atom stereocenters. The zero-order valence-electron chi connectivity index (χ0n) is 29.1. The molecule has 0 saturated heterocycles. The lowest BCUT2D eigenvalue weighted by Crippen LogP contribution is -2.37. The molecule has 1 amide bonds. The summed E-state index contributed by atoms with van der Waals surface area (Å²) < 4.78 is 69.6. The van der Waals surface area contributed by atoms with Crippen LogP contribution in [0, 0.1) is 41.9 Å². The molecule has 0 saturated carbocycles. The molecule has 3 aromatic heterocycles. The van der Waals surface area contributed by atoms with E-state index in [9.17, 15) is 70.9 Å². The molecule has 0 spiro atoms. The molecule has 0 bridgehead atoms. The summed E-state index contributed by atoms with van der Waals surface area (Å²) in [7, 11) is -9.23. The number of allylic oxidation sites excluding steroid dienone is 1. The highest BCUT2D eigenvalue weighted by atomic mass is 32.2. The third-order valence-corrected chi connectivity index (χ3v) is 12.5. The Balaban J connectivity index is 1.86. The largest absolute Gasteiger partial charge is 0.480 e. The maximum absolute atomic E-state index is 13.9. The maximum atomic E-state index is 13.9. The number of rotatable bonds is 12. The van der Waals surface area contributed by atoms with Gasteiger partial charge in [0.05, 0.1) is 16.5 Å². The Kier molecular flexibility index (Phi) is 12.5. The SMILES string of the molecule is CC(C=C1Sc2ccccc2N1CC(=O)NCS(=O)(=O)O)=c1o/c(=c2/s/c(=c3/sc(=C(C#N)C#N)n(CCS(=O)(=O)O)c3=O)n(CC(=O)O)c2=O)n(CC(=O)O)c1=O. The minimum absolute atomic E-state index is 0.0253. The summed E-state index contributed by atoms with van der Waals surface area (Å²) in [6.45, 7) is -2.03. The standard InChI is InChI=1S/C31H25N7O15S5/c1-15(8-20-36(11-19(39)34-14-58(50,51)52)17-4-2-3-5-18(17)54-20)23-26(44)37(12-21(40)41)29(53-23)24-27(45)38(13-22(42)43)31(55-24)25-28(46)35(6-7-57(47,48)49)30(56-25)16(9-32)10-33/h2-5,8H,6-7,11-14H2,1H3,(H,34,39)(H,40,41)(H,42,43)(H,47,48,49)(H,50,51,52)/b20-8?,23-15?,29-24+,31-25+. The second-order valence-electron chi connectivity index (χ2n) is 11.8. The van der Waals surface area contributed by atoms with Crippen LogP contribution in [0.4, 0.5) is 5.69 Å². The number of fused-ring (bicyclic) bond motifs is 1. The summed E-state index contributed by atoms with van der Waals surface area (Å²) >= 11 is 1.94. The van der Waals surface area contributed by atoms with Crippen molar-refractivity contribution in [2.75, 3.05) is 23.1 Å². The van der Waals surface area contributed by atoms with Gasteiger partial charge in [-0.05, 0) is 25.1 Å². The van der Waals surface area contributed by atoms with Crippen molar-refractivity contribution in [1.82, 2.24) is 19.0 Å². The summed E-state index contributed by atoms with van der Waals surface area (Å²) in [6, 6.07) is 9.82. The molecule has 304 valence electrons. The lowest BCUT2D eigenvalue weighted by atomic mass is 10.2. The Morgan fingerprint density at radius 1 is 0.862 bits per heavy atom. The number of oxazole rings is 1. The van der Waals surface area contributed by atoms with Crippen LogP contribution in [0.25, 0.3) is 11.1 Å². The lowest BCUT2D eigenvalue weighted by molar-refractivity contribution is -0.138. The number of hydrogen-bond donors (Lipinski definition) is 5. The van der Waals surface area contributed by atoms with E-state index in [-0.39, 0.29) is 5.57 Å². The van der Waals surface area contributed by atoms with Crippen molar-refractivity contribution < 1.29 is 55.0 Å². The first-order valence-corrected chi connectivity index (χ1v) is 21.4. The molecule has 0 radical (unpaired) electrons. The Hall–Kier alpha value is -6.07. The van der Waals surface area contributed by atoms with E-state index >= 15 is 0 Å². The van der Waals surface area contributed by atoms with E-state index in [1.165, 1.54) is 17.9 Å². The van der Waals surface area contributed by atoms with Crippen molar-refractivity contribution >= 4 is 89.4 Å². The Labute approximate surface area is 334 Å². The fourth-order valence-corrected chi connectivity index (χ4v) is 9.61. The molecule has 1 aromatic carbocycles. The highest BCUT2D eigenvalue weighted by Crippen LogP contribution is 2.46. The first-order chi connectivity index (χ1) is 27.1. The molecule has 4 heterocycles. The predicted octanol–water partition coefficient (Wildman–Crippen LogP) is -1.70. The number of amides is 1. The number of anilines is 1. The fourth-order valence-electron chi connectivity index (χ4n) is 5.31. The second kappa shape index (κ2) is 16.8. The van der Waals surface area contributed by atoms with Crippen molar-refractivity contribution in [3.8, 4) is 12.1 Å². The van der Waals surface area contributed by atoms with Crippen LogP contribution in [0.1, 0.15) is 6.92 Å². The molecule has 5 rings (SSSR count). The van der Waals surface area contributed by atoms with Gasteiger partial charge in [-0.15, -0.1) is 22.7 Å². The van der Waals surface area contributed by atoms with Gasteiger partial charge in [-0.25, -0.2) is 0 Å². The Morgan fingerprint density at radius 2 is 1.48 bits per heavy atom. The number of nitrogens with one attached hydrogen (secondary N) is 1. The zero-order valence-corrected chi connectivity index (χ0v) is 33.2. The Morgan fingerprint density at radius 3 is 2.09 bits per heavy atom. The van der Waals surface area contributed by atoms with E-state index in [2.05, 4.69) is 5.32 Å². The van der Waals surface area contributed by atoms with Gasteiger partial charge in [-0.2, -0.15) is 27.4 Å². The first kappa shape index (κ1) is 43.1. The van der Waals surface area contributed by atoms with Crippen LogP contribution in [-0.2, 0) is 54.3 Å². The van der Waals surface area contributed by atoms with Gasteiger partial charge in [-0.3, -0.25) is 51.6 Å². The molecule has 27 heteroatoms. The number of carbonyl (C=O) groups excluding carboxylic acids is 1. The van der Waals surface area contributed by atoms with E-state index in [4.69, 9.17) is 8.97 Å². The average molecular weight is 896 g/mol. The van der Waals surface area contributed by atoms with Crippen molar-refractivity contribution in [2.45, 2.75) is 31.5 Å². The Bertz CT molecular complexity index is 3270. The molecule has 4 aromatic rings. The molecule has 58 heavy (non-hydrogen) atoms. The number of para-hydroxylation sites is 1. The molecule has 1 aliphatic rings. The minimum atomic E-state index is -4.68. The van der Waals surface area contributed by atoms with Gasteiger partial charge in [0.15, 0.2) is 15.5 Å². The van der Waals surface area contributed by atoms with Crippen LogP contribution in [0.3, 0.4) is 0 Å². The number of nitriles is 2. The molecule has 1 aliphatic heterocycles. The first-order valence-electron chi connectivity index (χ1n) is 15.7. The number of nitrogens with zero attached hydrogens (tertiary/aromatic N) is 6. The normalized spacial score (nSPS) is 15.1. The molecule has 22 nitrogen and oxygen atoms in total. The van der Waals surface area contributed by atoms with Crippen LogP contribution < -0.4 is 37.0 Å². The molecule has 0 unspecified atom stereocenters. The lowest BCUT2D eigenvalue weighted by Gasteiger charge is -2.19. The number of aromatic nitrogens is 3. The van der Waals surface area contributed by atoms with E-state index in [1.807, 2.05) is 0 Å². The third-order valence-electron chi connectivity index (χ3n) is 7.72. The van der Waals surface area contributed by atoms with Crippen LogP contribution in [0.2, 0.25) is 0 Å². The number of benzene rings is 1. The number of carbonyl (C=O) groups is 3. The van der Waals surface area contributed by atoms with Crippen LogP contribution in [-0.4, -0.2) is 85.9 Å². The fraction of sp³-hybridized carbons (Fsp3) is 0.226. The van der Waals surface area contributed by atoms with E-state index in [0.717, 1.165) is 11.8 Å². The molecule has 5 N–H and O–H groups in total. The van der Waals surface area contributed by atoms with Gasteiger partial charge in [0, 0.05) is 17.0 Å². The van der Waals surface area contributed by atoms with Crippen LogP contribution in [0.5, 0.6) is 0 Å². The summed E-state index contributed by atoms with van der Waals surface area (Å²) in [6.07, 6.45) is 1.39. The van der Waals surface area contributed by atoms with E-state index in [0.29, 0.717) is 52.0 Å². The highest BCUT2D eigenvalue weighted by Gasteiger charge is 2.28. The van der Waals surface area contributed by atoms with Gasteiger partial charge >= 0.3 is 11.9 Å². The van der Waals surface area contributed by atoms with E-state index < -0.39 is 127 Å². The van der Waals surface area contributed by atoms with Gasteiger partial charge in [0.1, 0.15) is 51.5 Å². The number of thioether (sulfide) groups is 1. The third kappa shape index (κ3) is 9.37. The number of carboxylic acid groups (broad SMARTS) is 2. The smallest absolute Gasteiger partial charge is 0.323 e. The second-order valence-corrected chi connectivity index (χ2v) is 17.9. The maximum Gasteiger partial charge on any atom is 0.323 e. The molecule has 0 aliphatic carbocycles. The van der Waals surface area contributed by atoms with Crippen molar-refractivity contribution in [1.29, 1.82) is 10.5 Å². The van der Waals surface area contributed by atoms with Crippen molar-refractivity contribution in [2.24, 2.45) is 0 Å². The number of thiazole rings is 2. The summed E-state index contributed by atoms with van der Waals surface area (Å²) in [4.78, 5) is 80.2. The van der Waals surface area contributed by atoms with Gasteiger partial charge in [-0.1, -0.05) is 23.9 Å². The molecular weight excluding hydrogens is 871 g/mol. The quantitative estimate of drug-likeness (QED) is 0.0990. The van der Waals surface area contributed by atoms with Gasteiger partial charge in [0.2, 0.25) is 11.5 Å². The summed E-state index contributed by atoms with van der Waals surface area (Å²) in [5.74, 6) is -6.08. The number of aliphatic carboxylic acids is 2. The average Bonchev–Trinajstić information content (AvgIpc) is 3.83. The monoisotopic (exact) mass is 895 g/mol. The minimum Gasteiger partial charge on any atom is -0.480 e. The summed E-state index contributed by atoms with van der Waals surface area (Å²) in [5.41, 5.74) is -4.66. The van der Waals surface area contributed by atoms with Crippen LogP contribution >= 0.6 is 34.4 Å². The van der Waals surface area contributed by atoms with E-state index in [1.54, 1.807) is 36.4 Å². The highest BCUT2D eigenvalue weighted by molar-refractivity contribution is 8.03. The van der Waals surface area contributed by atoms with Crippen molar-refractivity contribution in [3.05, 3.63) is 95.8 Å². The topological polar surface area (TPSA) is 342 Å². The zero-order chi connectivity index (χ0) is 42.9. The van der Waals surface area contributed by atoms with Gasteiger partial charge in [0.25, 0.3) is 36.9 Å². The van der Waals surface area contributed by atoms with Crippen molar-refractivity contribution in [3.63, 3.8) is 0 Å². The van der Waals surface area contributed by atoms with Gasteiger partial charge < -0.3 is 24.8 Å². The molecule has 0 fully saturated rings.